The monoisotopic (exact) mass is 197 g/mol. The van der Waals surface area contributed by atoms with E-state index < -0.39 is 0 Å². The summed E-state index contributed by atoms with van der Waals surface area (Å²) in [6, 6.07) is 3.29. The second kappa shape index (κ2) is 4.53. The average Bonchev–Trinajstić information content (AvgIpc) is 2.19. The van der Waals surface area contributed by atoms with Gasteiger partial charge in [0.05, 0.1) is 6.61 Å². The van der Waals surface area contributed by atoms with Crippen LogP contribution in [0.3, 0.4) is 0 Å². The van der Waals surface area contributed by atoms with Crippen LogP contribution in [0.15, 0.2) is 12.1 Å². The molecule has 2 nitrogen and oxygen atoms in total. The van der Waals surface area contributed by atoms with Crippen molar-refractivity contribution in [3.8, 4) is 0 Å². The van der Waals surface area contributed by atoms with Gasteiger partial charge in [-0.2, -0.15) is 0 Å². The molecule has 0 saturated heterocycles. The molecule has 1 rings (SSSR count). The van der Waals surface area contributed by atoms with E-state index in [0.717, 1.165) is 5.56 Å². The summed E-state index contributed by atoms with van der Waals surface area (Å²) in [5.74, 6) is -0.173. The molecule has 1 unspecified atom stereocenters. The molecule has 0 saturated carbocycles. The van der Waals surface area contributed by atoms with Crippen LogP contribution in [0.5, 0.6) is 0 Å². The summed E-state index contributed by atoms with van der Waals surface area (Å²) in [5.41, 5.74) is 7.74. The fraction of sp³-hybridized carbons (Fsp3) is 0.455. The third-order valence-corrected chi connectivity index (χ3v) is 2.41. The van der Waals surface area contributed by atoms with Crippen LogP contribution in [0.1, 0.15) is 16.7 Å². The Kier molecular flexibility index (Phi) is 3.61. The van der Waals surface area contributed by atoms with Gasteiger partial charge in [0.15, 0.2) is 0 Å². The Labute approximate surface area is 83.6 Å². The van der Waals surface area contributed by atoms with Crippen LogP contribution < -0.4 is 5.73 Å². The van der Waals surface area contributed by atoms with Crippen molar-refractivity contribution < 1.29 is 9.50 Å². The molecular weight excluding hydrogens is 181 g/mol. The number of nitrogens with two attached hydrogens (primary N) is 1. The summed E-state index contributed by atoms with van der Waals surface area (Å²) in [5, 5.41) is 8.79. The minimum Gasteiger partial charge on any atom is -0.395 e. The van der Waals surface area contributed by atoms with Crippen LogP contribution in [0.4, 0.5) is 4.39 Å². The number of halogens is 1. The van der Waals surface area contributed by atoms with Gasteiger partial charge in [-0.1, -0.05) is 12.1 Å². The number of aryl methyl sites for hydroxylation is 1. The Hall–Kier alpha value is -0.930. The largest absolute Gasteiger partial charge is 0.395 e. The molecule has 14 heavy (non-hydrogen) atoms. The van der Waals surface area contributed by atoms with E-state index in [-0.39, 0.29) is 18.5 Å². The molecule has 0 fully saturated rings. The van der Waals surface area contributed by atoms with Gasteiger partial charge in [-0.3, -0.25) is 0 Å². The van der Waals surface area contributed by atoms with Crippen LogP contribution in [-0.4, -0.2) is 17.8 Å². The highest BCUT2D eigenvalue weighted by atomic mass is 19.1. The Morgan fingerprint density at radius 3 is 2.64 bits per heavy atom. The van der Waals surface area contributed by atoms with E-state index in [2.05, 4.69) is 0 Å². The number of rotatable bonds is 3. The number of aliphatic hydroxyl groups is 1. The zero-order valence-corrected chi connectivity index (χ0v) is 8.55. The van der Waals surface area contributed by atoms with Gasteiger partial charge in [0, 0.05) is 6.04 Å². The Balaban J connectivity index is 2.94. The molecule has 1 atom stereocenters. The van der Waals surface area contributed by atoms with Gasteiger partial charge in [-0.15, -0.1) is 0 Å². The Morgan fingerprint density at radius 1 is 1.43 bits per heavy atom. The van der Waals surface area contributed by atoms with Gasteiger partial charge in [0.2, 0.25) is 0 Å². The molecule has 0 bridgehead atoms. The molecule has 1 aromatic carbocycles. The summed E-state index contributed by atoms with van der Waals surface area (Å²) in [7, 11) is 0. The van der Waals surface area contributed by atoms with Crippen LogP contribution in [-0.2, 0) is 6.42 Å². The molecule has 0 amide bonds. The molecular formula is C11H16FNO. The highest BCUT2D eigenvalue weighted by Crippen LogP contribution is 2.17. The van der Waals surface area contributed by atoms with Crippen LogP contribution >= 0.6 is 0 Å². The van der Waals surface area contributed by atoms with Crippen molar-refractivity contribution in [2.24, 2.45) is 5.73 Å². The predicted octanol–water partition coefficient (Wildman–Crippen LogP) is 1.30. The average molecular weight is 197 g/mol. The lowest BCUT2D eigenvalue weighted by Crippen LogP contribution is -2.27. The quantitative estimate of drug-likeness (QED) is 0.767. The lowest BCUT2D eigenvalue weighted by molar-refractivity contribution is 0.265. The number of hydrogen-bond donors (Lipinski definition) is 2. The first-order valence-corrected chi connectivity index (χ1v) is 4.67. The zero-order valence-electron chi connectivity index (χ0n) is 8.55. The van der Waals surface area contributed by atoms with Gasteiger partial charge in [-0.05, 0) is 37.0 Å². The van der Waals surface area contributed by atoms with Crippen molar-refractivity contribution in [3.63, 3.8) is 0 Å². The van der Waals surface area contributed by atoms with E-state index in [1.54, 1.807) is 19.9 Å². The SMILES string of the molecule is Cc1ccc(CC(N)CO)c(C)c1F. The molecule has 3 heteroatoms. The molecule has 0 radical (unpaired) electrons. The second-order valence-electron chi connectivity index (χ2n) is 3.63. The lowest BCUT2D eigenvalue weighted by Gasteiger charge is -2.12. The van der Waals surface area contributed by atoms with Crippen molar-refractivity contribution in [1.29, 1.82) is 0 Å². The summed E-state index contributed by atoms with van der Waals surface area (Å²) in [4.78, 5) is 0. The highest BCUT2D eigenvalue weighted by molar-refractivity contribution is 5.32. The topological polar surface area (TPSA) is 46.2 Å². The Morgan fingerprint density at radius 2 is 2.07 bits per heavy atom. The minimum atomic E-state index is -0.309. The van der Waals surface area contributed by atoms with Crippen molar-refractivity contribution in [1.82, 2.24) is 0 Å². The minimum absolute atomic E-state index is 0.0745. The summed E-state index contributed by atoms with van der Waals surface area (Å²) >= 11 is 0. The lowest BCUT2D eigenvalue weighted by atomic mass is 9.99. The maximum absolute atomic E-state index is 13.4. The normalized spacial score (nSPS) is 12.9. The summed E-state index contributed by atoms with van der Waals surface area (Å²) in [6.07, 6.45) is 0.513. The van der Waals surface area contributed by atoms with Crippen molar-refractivity contribution in [3.05, 3.63) is 34.6 Å². The van der Waals surface area contributed by atoms with E-state index in [0.29, 0.717) is 17.5 Å². The summed E-state index contributed by atoms with van der Waals surface area (Å²) in [6.45, 7) is 3.40. The van der Waals surface area contributed by atoms with Crippen molar-refractivity contribution >= 4 is 0 Å². The Bertz CT molecular complexity index is 325. The predicted molar refractivity (Wildman–Crippen MR) is 54.6 cm³/mol. The van der Waals surface area contributed by atoms with Gasteiger partial charge >= 0.3 is 0 Å². The van der Waals surface area contributed by atoms with Gasteiger partial charge < -0.3 is 10.8 Å². The molecule has 0 aliphatic heterocycles. The second-order valence-corrected chi connectivity index (χ2v) is 3.63. The van der Waals surface area contributed by atoms with Crippen LogP contribution in [0.25, 0.3) is 0 Å². The first-order chi connectivity index (χ1) is 6.56. The molecule has 0 aliphatic rings. The van der Waals surface area contributed by atoms with Crippen molar-refractivity contribution in [2.45, 2.75) is 26.3 Å². The third-order valence-electron chi connectivity index (χ3n) is 2.41. The van der Waals surface area contributed by atoms with Gasteiger partial charge in [-0.25, -0.2) is 4.39 Å². The summed E-state index contributed by atoms with van der Waals surface area (Å²) < 4.78 is 13.4. The van der Waals surface area contributed by atoms with Crippen molar-refractivity contribution in [2.75, 3.05) is 6.61 Å². The molecule has 3 N–H and O–H groups in total. The smallest absolute Gasteiger partial charge is 0.129 e. The zero-order chi connectivity index (χ0) is 10.7. The standard InChI is InChI=1S/C11H16FNO/c1-7-3-4-9(5-10(13)6-14)8(2)11(7)12/h3-4,10,14H,5-6,13H2,1-2H3. The third kappa shape index (κ3) is 2.30. The first-order valence-electron chi connectivity index (χ1n) is 4.67. The molecule has 0 heterocycles. The van der Waals surface area contributed by atoms with Gasteiger partial charge in [0.25, 0.3) is 0 Å². The van der Waals surface area contributed by atoms with E-state index >= 15 is 0 Å². The molecule has 0 aromatic heterocycles. The molecule has 0 spiro atoms. The maximum atomic E-state index is 13.4. The van der Waals surface area contributed by atoms with E-state index in [1.807, 2.05) is 6.07 Å². The van der Waals surface area contributed by atoms with E-state index in [9.17, 15) is 4.39 Å². The van der Waals surface area contributed by atoms with Gasteiger partial charge in [0.1, 0.15) is 5.82 Å². The molecule has 78 valence electrons. The fourth-order valence-electron chi connectivity index (χ4n) is 1.43. The van der Waals surface area contributed by atoms with Crippen LogP contribution in [0.2, 0.25) is 0 Å². The van der Waals surface area contributed by atoms with E-state index in [1.165, 1.54) is 0 Å². The molecule has 1 aromatic rings. The highest BCUT2D eigenvalue weighted by Gasteiger charge is 2.09. The number of benzene rings is 1. The first kappa shape index (κ1) is 11.1. The fourth-order valence-corrected chi connectivity index (χ4v) is 1.43. The van der Waals surface area contributed by atoms with E-state index in [4.69, 9.17) is 10.8 Å². The molecule has 0 aliphatic carbocycles. The number of aliphatic hydroxyl groups excluding tert-OH is 1. The number of hydrogen-bond acceptors (Lipinski definition) is 2. The van der Waals surface area contributed by atoms with Crippen LogP contribution in [0, 0.1) is 19.7 Å². The maximum Gasteiger partial charge on any atom is 0.129 e.